The summed E-state index contributed by atoms with van der Waals surface area (Å²) >= 11 is 0. The fraction of sp³-hybridized carbons (Fsp3) is 1.00. The van der Waals surface area contributed by atoms with Crippen LogP contribution in [0.25, 0.3) is 0 Å². The van der Waals surface area contributed by atoms with E-state index >= 15 is 0 Å². The number of hydrogen-bond acceptors (Lipinski definition) is 2. The van der Waals surface area contributed by atoms with Crippen LogP contribution < -0.4 is 0 Å². The fourth-order valence-electron chi connectivity index (χ4n) is 2.75. The largest absolute Gasteiger partial charge is 0.302 e. The molecular weight excluding hydrogens is 172 g/mol. The molecule has 2 fully saturated rings. The van der Waals surface area contributed by atoms with Gasteiger partial charge >= 0.3 is 0 Å². The molecule has 0 bridgehead atoms. The maximum absolute atomic E-state index is 2.67. The molecular formula is C12H24N2. The van der Waals surface area contributed by atoms with E-state index in [-0.39, 0.29) is 0 Å². The van der Waals surface area contributed by atoms with Crippen LogP contribution in [0.5, 0.6) is 0 Å². The van der Waals surface area contributed by atoms with Crippen molar-refractivity contribution < 1.29 is 0 Å². The minimum atomic E-state index is 0.850. The minimum Gasteiger partial charge on any atom is -0.302 e. The Kier molecular flexibility index (Phi) is 3.45. The van der Waals surface area contributed by atoms with Gasteiger partial charge in [-0.15, -0.1) is 0 Å². The second-order valence-corrected chi connectivity index (χ2v) is 5.26. The molecule has 1 atom stereocenters. The van der Waals surface area contributed by atoms with Crippen LogP contribution >= 0.6 is 0 Å². The predicted octanol–water partition coefficient (Wildman–Crippen LogP) is 1.81. The minimum absolute atomic E-state index is 0.850. The van der Waals surface area contributed by atoms with Crippen molar-refractivity contribution in [2.24, 2.45) is 5.92 Å². The summed E-state index contributed by atoms with van der Waals surface area (Å²) in [5.74, 6) is 0.965. The van der Waals surface area contributed by atoms with Gasteiger partial charge in [-0.05, 0) is 58.3 Å². The zero-order valence-electron chi connectivity index (χ0n) is 9.71. The lowest BCUT2D eigenvalue weighted by Gasteiger charge is -2.33. The van der Waals surface area contributed by atoms with E-state index in [1.807, 2.05) is 0 Å². The van der Waals surface area contributed by atoms with Gasteiger partial charge in [0.1, 0.15) is 0 Å². The molecule has 0 aromatic rings. The van der Waals surface area contributed by atoms with Gasteiger partial charge in [0.05, 0.1) is 0 Å². The molecule has 82 valence electrons. The van der Waals surface area contributed by atoms with Crippen molar-refractivity contribution in [3.05, 3.63) is 0 Å². The summed E-state index contributed by atoms with van der Waals surface area (Å²) in [6, 6.07) is 0.850. The molecule has 14 heavy (non-hydrogen) atoms. The molecule has 0 aliphatic carbocycles. The number of nitrogens with zero attached hydrogens (tertiary/aromatic N) is 2. The van der Waals surface area contributed by atoms with Gasteiger partial charge in [0.25, 0.3) is 0 Å². The summed E-state index contributed by atoms with van der Waals surface area (Å²) in [6.07, 6.45) is 5.65. The van der Waals surface area contributed by atoms with Crippen LogP contribution in [-0.2, 0) is 0 Å². The molecule has 2 saturated heterocycles. The molecule has 0 unspecified atom stereocenters. The zero-order valence-corrected chi connectivity index (χ0v) is 9.71. The van der Waals surface area contributed by atoms with E-state index in [9.17, 15) is 0 Å². The van der Waals surface area contributed by atoms with E-state index in [0.29, 0.717) is 0 Å². The highest BCUT2D eigenvalue weighted by Gasteiger charge is 2.24. The molecule has 2 heterocycles. The second kappa shape index (κ2) is 4.63. The molecule has 2 nitrogen and oxygen atoms in total. The van der Waals surface area contributed by atoms with E-state index in [1.165, 1.54) is 51.9 Å². The lowest BCUT2D eigenvalue weighted by Crippen LogP contribution is -2.42. The van der Waals surface area contributed by atoms with Crippen molar-refractivity contribution in [1.29, 1.82) is 0 Å². The first-order chi connectivity index (χ1) is 6.75. The summed E-state index contributed by atoms with van der Waals surface area (Å²) in [5, 5.41) is 0. The highest BCUT2D eigenvalue weighted by molar-refractivity contribution is 4.81. The SMILES string of the molecule is CC1CCN(C[C@@H]2CCCN2C)CC1. The summed E-state index contributed by atoms with van der Waals surface area (Å²) in [4.78, 5) is 5.21. The van der Waals surface area contributed by atoms with E-state index < -0.39 is 0 Å². The molecule has 0 aromatic heterocycles. The highest BCUT2D eigenvalue weighted by atomic mass is 15.2. The Balaban J connectivity index is 1.74. The van der Waals surface area contributed by atoms with Gasteiger partial charge in [0.15, 0.2) is 0 Å². The van der Waals surface area contributed by atoms with Crippen molar-refractivity contribution in [2.75, 3.05) is 33.2 Å². The Morgan fingerprint density at radius 1 is 1.07 bits per heavy atom. The first kappa shape index (κ1) is 10.4. The summed E-state index contributed by atoms with van der Waals surface area (Å²) in [5.41, 5.74) is 0. The second-order valence-electron chi connectivity index (χ2n) is 5.26. The summed E-state index contributed by atoms with van der Waals surface area (Å²) in [6.45, 7) is 7.70. The first-order valence-electron chi connectivity index (χ1n) is 6.18. The van der Waals surface area contributed by atoms with Crippen molar-refractivity contribution in [2.45, 2.75) is 38.6 Å². The van der Waals surface area contributed by atoms with Crippen LogP contribution in [0.1, 0.15) is 32.6 Å². The molecule has 0 N–H and O–H groups in total. The van der Waals surface area contributed by atoms with Crippen LogP contribution in [0.15, 0.2) is 0 Å². The van der Waals surface area contributed by atoms with Crippen molar-refractivity contribution in [3.8, 4) is 0 Å². The number of likely N-dealkylation sites (N-methyl/N-ethyl adjacent to an activating group) is 1. The van der Waals surface area contributed by atoms with Gasteiger partial charge in [0.2, 0.25) is 0 Å². The number of piperidine rings is 1. The summed E-state index contributed by atoms with van der Waals surface area (Å²) in [7, 11) is 2.28. The number of likely N-dealkylation sites (tertiary alicyclic amines) is 2. The third-order valence-electron chi connectivity index (χ3n) is 4.02. The highest BCUT2D eigenvalue weighted by Crippen LogP contribution is 2.20. The van der Waals surface area contributed by atoms with Crippen LogP contribution in [0.2, 0.25) is 0 Å². The monoisotopic (exact) mass is 196 g/mol. The average Bonchev–Trinajstić information content (AvgIpc) is 2.56. The van der Waals surface area contributed by atoms with Gasteiger partial charge < -0.3 is 9.80 Å². The molecule has 0 amide bonds. The van der Waals surface area contributed by atoms with E-state index in [1.54, 1.807) is 0 Å². The number of rotatable bonds is 2. The molecule has 2 heteroatoms. The van der Waals surface area contributed by atoms with Gasteiger partial charge in [-0.25, -0.2) is 0 Å². The first-order valence-corrected chi connectivity index (χ1v) is 6.18. The molecule has 2 aliphatic rings. The topological polar surface area (TPSA) is 6.48 Å². The summed E-state index contributed by atoms with van der Waals surface area (Å²) < 4.78 is 0. The maximum Gasteiger partial charge on any atom is 0.0220 e. The van der Waals surface area contributed by atoms with Crippen LogP contribution in [0.3, 0.4) is 0 Å². The van der Waals surface area contributed by atoms with Crippen molar-refractivity contribution in [1.82, 2.24) is 9.80 Å². The van der Waals surface area contributed by atoms with E-state index in [4.69, 9.17) is 0 Å². The fourth-order valence-corrected chi connectivity index (χ4v) is 2.75. The van der Waals surface area contributed by atoms with Crippen molar-refractivity contribution >= 4 is 0 Å². The molecule has 0 spiro atoms. The third-order valence-corrected chi connectivity index (χ3v) is 4.02. The smallest absolute Gasteiger partial charge is 0.0220 e. The average molecular weight is 196 g/mol. The van der Waals surface area contributed by atoms with Gasteiger partial charge in [-0.2, -0.15) is 0 Å². The Morgan fingerprint density at radius 3 is 2.36 bits per heavy atom. The number of hydrogen-bond donors (Lipinski definition) is 0. The van der Waals surface area contributed by atoms with Crippen LogP contribution in [-0.4, -0.2) is 49.1 Å². The molecule has 0 radical (unpaired) electrons. The van der Waals surface area contributed by atoms with Gasteiger partial charge in [-0.1, -0.05) is 6.92 Å². The molecule has 0 aromatic carbocycles. The van der Waals surface area contributed by atoms with Crippen LogP contribution in [0.4, 0.5) is 0 Å². The Hall–Kier alpha value is -0.0800. The van der Waals surface area contributed by atoms with E-state index in [2.05, 4.69) is 23.8 Å². The normalized spacial score (nSPS) is 32.6. The van der Waals surface area contributed by atoms with E-state index in [0.717, 1.165) is 12.0 Å². The standard InChI is InChI=1S/C12H24N2/c1-11-5-8-14(9-6-11)10-12-4-3-7-13(12)2/h11-12H,3-10H2,1-2H3/t12-/m0/s1. The zero-order chi connectivity index (χ0) is 9.97. The quantitative estimate of drug-likeness (QED) is 0.664. The lowest BCUT2D eigenvalue weighted by atomic mass is 9.99. The Morgan fingerprint density at radius 2 is 1.79 bits per heavy atom. The lowest BCUT2D eigenvalue weighted by molar-refractivity contribution is 0.148. The maximum atomic E-state index is 2.67. The Bertz CT molecular complexity index is 173. The predicted molar refractivity (Wildman–Crippen MR) is 60.5 cm³/mol. The molecule has 0 saturated carbocycles. The van der Waals surface area contributed by atoms with Gasteiger partial charge in [0, 0.05) is 12.6 Å². The Labute approximate surface area is 88.3 Å². The molecule has 2 rings (SSSR count). The molecule has 2 aliphatic heterocycles. The van der Waals surface area contributed by atoms with Crippen molar-refractivity contribution in [3.63, 3.8) is 0 Å². The van der Waals surface area contributed by atoms with Crippen LogP contribution in [0, 0.1) is 5.92 Å². The third kappa shape index (κ3) is 2.48. The van der Waals surface area contributed by atoms with Gasteiger partial charge in [-0.3, -0.25) is 0 Å².